The smallest absolute Gasteiger partial charge is 0.229 e. The SMILES string of the molecule is CCC(=O)N1CCC(Cc2ccc(-c3cccnc3)cc2)(C(=O)N2CCCCC2)CC1. The van der Waals surface area contributed by atoms with Crippen LogP contribution in [-0.2, 0) is 16.0 Å². The van der Waals surface area contributed by atoms with Gasteiger partial charge in [0.25, 0.3) is 0 Å². The quantitative estimate of drug-likeness (QED) is 0.725. The standard InChI is InChI=1S/C26H33N3O2/c1-2-24(30)28-17-12-26(13-18-28,25(31)29-15-4-3-5-16-29)19-21-8-10-22(11-9-21)23-7-6-14-27-20-23/h6-11,14,20H,2-5,12-13,15-19H2,1H3. The van der Waals surface area contributed by atoms with Crippen LogP contribution in [0.15, 0.2) is 48.8 Å². The fraction of sp³-hybridized carbons (Fsp3) is 0.500. The second-order valence-corrected chi connectivity index (χ2v) is 8.98. The molecule has 0 spiro atoms. The lowest BCUT2D eigenvalue weighted by molar-refractivity contribution is -0.149. The number of hydrogen-bond donors (Lipinski definition) is 0. The molecule has 164 valence electrons. The molecule has 0 radical (unpaired) electrons. The molecule has 5 heteroatoms. The van der Waals surface area contributed by atoms with Crippen LogP contribution < -0.4 is 0 Å². The van der Waals surface area contributed by atoms with Gasteiger partial charge < -0.3 is 9.80 Å². The molecule has 0 unspecified atom stereocenters. The number of amides is 2. The van der Waals surface area contributed by atoms with Gasteiger partial charge in [-0.05, 0) is 61.3 Å². The van der Waals surface area contributed by atoms with Crippen LogP contribution in [0.5, 0.6) is 0 Å². The van der Waals surface area contributed by atoms with Gasteiger partial charge in [-0.15, -0.1) is 0 Å². The summed E-state index contributed by atoms with van der Waals surface area (Å²) in [4.78, 5) is 34.2. The third kappa shape index (κ3) is 4.81. The Labute approximate surface area is 185 Å². The van der Waals surface area contributed by atoms with Gasteiger partial charge >= 0.3 is 0 Å². The van der Waals surface area contributed by atoms with Crippen molar-refractivity contribution in [2.75, 3.05) is 26.2 Å². The molecule has 0 aliphatic carbocycles. The van der Waals surface area contributed by atoms with Crippen molar-refractivity contribution in [1.29, 1.82) is 0 Å². The molecule has 2 saturated heterocycles. The molecule has 0 saturated carbocycles. The number of carbonyl (C=O) groups excluding carboxylic acids is 2. The van der Waals surface area contributed by atoms with Crippen LogP contribution >= 0.6 is 0 Å². The lowest BCUT2D eigenvalue weighted by Crippen LogP contribution is -2.53. The summed E-state index contributed by atoms with van der Waals surface area (Å²) >= 11 is 0. The Morgan fingerprint density at radius 2 is 1.61 bits per heavy atom. The first-order valence-electron chi connectivity index (χ1n) is 11.7. The number of nitrogens with zero attached hydrogens (tertiary/aromatic N) is 3. The van der Waals surface area contributed by atoms with E-state index < -0.39 is 5.41 Å². The molecular formula is C26H33N3O2. The normalized spacial score (nSPS) is 18.6. The molecule has 5 nitrogen and oxygen atoms in total. The van der Waals surface area contributed by atoms with E-state index >= 15 is 0 Å². The summed E-state index contributed by atoms with van der Waals surface area (Å²) in [5, 5.41) is 0. The fourth-order valence-corrected chi connectivity index (χ4v) is 5.05. The highest BCUT2D eigenvalue weighted by Crippen LogP contribution is 2.38. The van der Waals surface area contributed by atoms with E-state index in [0.717, 1.165) is 56.3 Å². The Morgan fingerprint density at radius 3 is 2.23 bits per heavy atom. The van der Waals surface area contributed by atoms with Gasteiger partial charge in [-0.3, -0.25) is 14.6 Å². The molecule has 2 amide bonds. The number of carbonyl (C=O) groups is 2. The second-order valence-electron chi connectivity index (χ2n) is 8.98. The summed E-state index contributed by atoms with van der Waals surface area (Å²) in [5.74, 6) is 0.493. The van der Waals surface area contributed by atoms with Crippen molar-refractivity contribution < 1.29 is 9.59 Å². The Hall–Kier alpha value is -2.69. The maximum absolute atomic E-state index is 13.7. The van der Waals surface area contributed by atoms with E-state index in [1.165, 1.54) is 12.0 Å². The summed E-state index contributed by atoms with van der Waals surface area (Å²) < 4.78 is 0. The highest BCUT2D eigenvalue weighted by Gasteiger charge is 2.44. The van der Waals surface area contributed by atoms with Gasteiger partial charge in [0.2, 0.25) is 11.8 Å². The van der Waals surface area contributed by atoms with Gasteiger partial charge in [0.15, 0.2) is 0 Å². The summed E-state index contributed by atoms with van der Waals surface area (Å²) in [6.45, 7) is 5.02. The Bertz CT molecular complexity index is 881. The Balaban J connectivity index is 1.54. The molecule has 2 aliphatic rings. The first kappa shape index (κ1) is 21.5. The minimum Gasteiger partial charge on any atom is -0.343 e. The van der Waals surface area contributed by atoms with E-state index in [2.05, 4.69) is 40.2 Å². The average molecular weight is 420 g/mol. The van der Waals surface area contributed by atoms with E-state index in [-0.39, 0.29) is 5.91 Å². The number of benzene rings is 1. The van der Waals surface area contributed by atoms with Crippen LogP contribution in [-0.4, -0.2) is 52.8 Å². The maximum Gasteiger partial charge on any atom is 0.229 e. The molecule has 31 heavy (non-hydrogen) atoms. The summed E-state index contributed by atoms with van der Waals surface area (Å²) in [6, 6.07) is 12.6. The first-order valence-corrected chi connectivity index (χ1v) is 11.7. The van der Waals surface area contributed by atoms with Crippen molar-refractivity contribution in [1.82, 2.24) is 14.8 Å². The van der Waals surface area contributed by atoms with Crippen molar-refractivity contribution in [3.63, 3.8) is 0 Å². The third-order valence-corrected chi connectivity index (χ3v) is 6.96. The largest absolute Gasteiger partial charge is 0.343 e. The predicted octanol–water partition coefficient (Wildman–Crippen LogP) is 4.32. The number of aromatic nitrogens is 1. The summed E-state index contributed by atoms with van der Waals surface area (Å²) in [7, 11) is 0. The van der Waals surface area contributed by atoms with E-state index in [4.69, 9.17) is 0 Å². The number of rotatable bonds is 5. The molecule has 0 N–H and O–H groups in total. The van der Waals surface area contributed by atoms with Crippen LogP contribution in [0, 0.1) is 5.41 Å². The topological polar surface area (TPSA) is 53.5 Å². The molecule has 2 aliphatic heterocycles. The molecule has 4 rings (SSSR count). The highest BCUT2D eigenvalue weighted by atomic mass is 16.2. The van der Waals surface area contributed by atoms with Gasteiger partial charge in [-0.1, -0.05) is 37.3 Å². The molecule has 0 atom stereocenters. The minimum absolute atomic E-state index is 0.194. The van der Waals surface area contributed by atoms with E-state index in [9.17, 15) is 9.59 Å². The van der Waals surface area contributed by atoms with Gasteiger partial charge in [-0.2, -0.15) is 0 Å². The molecular weight excluding hydrogens is 386 g/mol. The fourth-order valence-electron chi connectivity index (χ4n) is 5.05. The van der Waals surface area contributed by atoms with E-state index in [0.29, 0.717) is 25.4 Å². The van der Waals surface area contributed by atoms with Crippen LogP contribution in [0.3, 0.4) is 0 Å². The van der Waals surface area contributed by atoms with Crippen molar-refractivity contribution in [3.8, 4) is 11.1 Å². The molecule has 1 aromatic heterocycles. The van der Waals surface area contributed by atoms with Crippen LogP contribution in [0.25, 0.3) is 11.1 Å². The van der Waals surface area contributed by atoms with Gasteiger partial charge in [0.1, 0.15) is 0 Å². The summed E-state index contributed by atoms with van der Waals surface area (Å²) in [6.07, 6.45) is 9.83. The summed E-state index contributed by atoms with van der Waals surface area (Å²) in [5.41, 5.74) is 3.02. The zero-order valence-corrected chi connectivity index (χ0v) is 18.6. The van der Waals surface area contributed by atoms with Crippen molar-refractivity contribution >= 4 is 11.8 Å². The van der Waals surface area contributed by atoms with Crippen LogP contribution in [0.1, 0.15) is 51.0 Å². The van der Waals surface area contributed by atoms with E-state index in [1.54, 1.807) is 6.20 Å². The Morgan fingerprint density at radius 1 is 0.903 bits per heavy atom. The minimum atomic E-state index is -0.405. The van der Waals surface area contributed by atoms with Crippen LogP contribution in [0.2, 0.25) is 0 Å². The van der Waals surface area contributed by atoms with E-state index in [1.807, 2.05) is 24.1 Å². The van der Waals surface area contributed by atoms with Gasteiger partial charge in [0, 0.05) is 45.0 Å². The maximum atomic E-state index is 13.7. The van der Waals surface area contributed by atoms with Gasteiger partial charge in [-0.25, -0.2) is 0 Å². The number of pyridine rings is 1. The Kier molecular flexibility index (Phi) is 6.69. The predicted molar refractivity (Wildman–Crippen MR) is 122 cm³/mol. The molecule has 3 heterocycles. The molecule has 0 bridgehead atoms. The van der Waals surface area contributed by atoms with Crippen molar-refractivity contribution in [2.45, 2.75) is 51.9 Å². The lowest BCUT2D eigenvalue weighted by atomic mass is 9.72. The third-order valence-electron chi connectivity index (χ3n) is 6.96. The monoisotopic (exact) mass is 419 g/mol. The average Bonchev–Trinajstić information content (AvgIpc) is 2.85. The zero-order valence-electron chi connectivity index (χ0n) is 18.6. The second kappa shape index (κ2) is 9.63. The number of likely N-dealkylation sites (tertiary alicyclic amines) is 2. The first-order chi connectivity index (χ1) is 15.1. The number of piperidine rings is 2. The van der Waals surface area contributed by atoms with Crippen molar-refractivity contribution in [2.24, 2.45) is 5.41 Å². The van der Waals surface area contributed by atoms with Crippen molar-refractivity contribution in [3.05, 3.63) is 54.4 Å². The highest BCUT2D eigenvalue weighted by molar-refractivity contribution is 5.84. The molecule has 2 fully saturated rings. The molecule has 2 aromatic rings. The zero-order chi connectivity index (χ0) is 21.7. The number of hydrogen-bond acceptors (Lipinski definition) is 3. The lowest BCUT2D eigenvalue weighted by Gasteiger charge is -2.44. The molecule has 1 aromatic carbocycles. The van der Waals surface area contributed by atoms with Crippen LogP contribution in [0.4, 0.5) is 0 Å². The van der Waals surface area contributed by atoms with Gasteiger partial charge in [0.05, 0.1) is 5.41 Å².